The van der Waals surface area contributed by atoms with Gasteiger partial charge in [0.25, 0.3) is 0 Å². The summed E-state index contributed by atoms with van der Waals surface area (Å²) in [5.74, 6) is 0.0689. The van der Waals surface area contributed by atoms with Gasteiger partial charge in [0.2, 0.25) is 0 Å². The van der Waals surface area contributed by atoms with Crippen LogP contribution in [0.3, 0.4) is 0 Å². The molecule has 0 spiro atoms. The maximum Gasteiger partial charge on any atom is 0.162 e. The van der Waals surface area contributed by atoms with E-state index >= 15 is 0 Å². The molecular formula is C10H5Cl2FN2. The summed E-state index contributed by atoms with van der Waals surface area (Å²) in [6.07, 6.45) is 0. The average Bonchev–Trinajstić information content (AvgIpc) is 2.17. The van der Waals surface area contributed by atoms with Gasteiger partial charge in [-0.2, -0.15) is 0 Å². The fourth-order valence-electron chi connectivity index (χ4n) is 1.12. The van der Waals surface area contributed by atoms with Gasteiger partial charge in [0, 0.05) is 11.6 Å². The second kappa shape index (κ2) is 4.13. The van der Waals surface area contributed by atoms with E-state index in [1.165, 1.54) is 18.2 Å². The monoisotopic (exact) mass is 242 g/mol. The molecule has 0 radical (unpaired) electrons. The van der Waals surface area contributed by atoms with Crippen molar-refractivity contribution in [2.45, 2.75) is 0 Å². The van der Waals surface area contributed by atoms with Crippen LogP contribution in [0.4, 0.5) is 4.39 Å². The van der Waals surface area contributed by atoms with E-state index in [1.54, 1.807) is 12.1 Å². The number of rotatable bonds is 1. The quantitative estimate of drug-likeness (QED) is 0.715. The number of halogens is 3. The van der Waals surface area contributed by atoms with Crippen LogP contribution >= 0.6 is 23.2 Å². The Morgan fingerprint density at radius 1 is 0.933 bits per heavy atom. The Kier molecular flexibility index (Phi) is 2.84. The zero-order valence-corrected chi connectivity index (χ0v) is 8.93. The molecule has 2 nitrogen and oxygen atoms in total. The van der Waals surface area contributed by atoms with E-state index < -0.39 is 0 Å². The van der Waals surface area contributed by atoms with Gasteiger partial charge in [0.05, 0.1) is 0 Å². The molecule has 1 aromatic carbocycles. The van der Waals surface area contributed by atoms with Crippen molar-refractivity contribution in [3.05, 3.63) is 46.5 Å². The van der Waals surface area contributed by atoms with Crippen LogP contribution < -0.4 is 0 Å². The predicted octanol–water partition coefficient (Wildman–Crippen LogP) is 3.59. The molecule has 0 bridgehead atoms. The Morgan fingerprint density at radius 2 is 1.47 bits per heavy atom. The summed E-state index contributed by atoms with van der Waals surface area (Å²) in [7, 11) is 0. The molecule has 0 aliphatic carbocycles. The van der Waals surface area contributed by atoms with Crippen LogP contribution in [0, 0.1) is 5.82 Å². The Hall–Kier alpha value is -1.19. The molecule has 1 aromatic heterocycles. The van der Waals surface area contributed by atoms with E-state index in [-0.39, 0.29) is 16.1 Å². The molecule has 0 saturated heterocycles. The number of nitrogens with zero attached hydrogens (tertiary/aromatic N) is 2. The first-order chi connectivity index (χ1) is 7.15. The third-order valence-corrected chi connectivity index (χ3v) is 2.15. The second-order valence-corrected chi connectivity index (χ2v) is 3.62. The summed E-state index contributed by atoms with van der Waals surface area (Å²) >= 11 is 11.4. The summed E-state index contributed by atoms with van der Waals surface area (Å²) in [6, 6.07) is 7.23. The molecular weight excluding hydrogens is 238 g/mol. The van der Waals surface area contributed by atoms with E-state index in [1.807, 2.05) is 0 Å². The molecule has 0 amide bonds. The van der Waals surface area contributed by atoms with Crippen LogP contribution in [0.2, 0.25) is 10.3 Å². The lowest BCUT2D eigenvalue weighted by atomic mass is 10.2. The lowest BCUT2D eigenvalue weighted by Crippen LogP contribution is -1.89. The van der Waals surface area contributed by atoms with Crippen LogP contribution in [0.25, 0.3) is 11.4 Å². The van der Waals surface area contributed by atoms with Crippen molar-refractivity contribution in [1.82, 2.24) is 9.97 Å². The molecule has 0 aliphatic rings. The van der Waals surface area contributed by atoms with Gasteiger partial charge >= 0.3 is 0 Å². The van der Waals surface area contributed by atoms with Crippen molar-refractivity contribution >= 4 is 23.2 Å². The molecule has 0 atom stereocenters. The number of hydrogen-bond acceptors (Lipinski definition) is 2. The molecule has 1 heterocycles. The van der Waals surface area contributed by atoms with Crippen molar-refractivity contribution < 1.29 is 4.39 Å². The molecule has 2 aromatic rings. The largest absolute Gasteiger partial charge is 0.216 e. The highest BCUT2D eigenvalue weighted by Crippen LogP contribution is 2.20. The SMILES string of the molecule is Fc1ccc(-c2nc(Cl)cc(Cl)n2)cc1. The Bertz CT molecular complexity index is 465. The van der Waals surface area contributed by atoms with Crippen LogP contribution in [0.5, 0.6) is 0 Å². The number of aromatic nitrogens is 2. The summed E-state index contributed by atoms with van der Waals surface area (Å²) in [5.41, 5.74) is 0.667. The van der Waals surface area contributed by atoms with Crippen molar-refractivity contribution in [3.8, 4) is 11.4 Å². The lowest BCUT2D eigenvalue weighted by Gasteiger charge is -2.00. The number of benzene rings is 1. The van der Waals surface area contributed by atoms with Crippen LogP contribution in [0.1, 0.15) is 0 Å². The van der Waals surface area contributed by atoms with Crippen molar-refractivity contribution in [3.63, 3.8) is 0 Å². The van der Waals surface area contributed by atoms with Gasteiger partial charge in [-0.1, -0.05) is 23.2 Å². The maximum absolute atomic E-state index is 12.7. The zero-order valence-electron chi connectivity index (χ0n) is 7.42. The third-order valence-electron chi connectivity index (χ3n) is 1.77. The lowest BCUT2D eigenvalue weighted by molar-refractivity contribution is 0.628. The summed E-state index contributed by atoms with van der Waals surface area (Å²) in [6.45, 7) is 0. The molecule has 0 N–H and O–H groups in total. The van der Waals surface area contributed by atoms with Crippen molar-refractivity contribution in [1.29, 1.82) is 0 Å². The normalized spacial score (nSPS) is 10.3. The predicted molar refractivity (Wildman–Crippen MR) is 57.4 cm³/mol. The van der Waals surface area contributed by atoms with E-state index in [0.717, 1.165) is 0 Å². The van der Waals surface area contributed by atoms with E-state index in [2.05, 4.69) is 9.97 Å². The highest BCUT2D eigenvalue weighted by atomic mass is 35.5. The van der Waals surface area contributed by atoms with Gasteiger partial charge in [-0.25, -0.2) is 14.4 Å². The first-order valence-electron chi connectivity index (χ1n) is 4.11. The van der Waals surface area contributed by atoms with Crippen molar-refractivity contribution in [2.24, 2.45) is 0 Å². The molecule has 0 saturated carbocycles. The molecule has 15 heavy (non-hydrogen) atoms. The highest BCUT2D eigenvalue weighted by Gasteiger charge is 2.04. The minimum Gasteiger partial charge on any atom is -0.216 e. The fraction of sp³-hybridized carbons (Fsp3) is 0. The van der Waals surface area contributed by atoms with Gasteiger partial charge in [0.1, 0.15) is 16.1 Å². The fourth-order valence-corrected chi connectivity index (χ4v) is 1.54. The Balaban J connectivity index is 2.49. The first-order valence-corrected chi connectivity index (χ1v) is 4.87. The molecule has 2 rings (SSSR count). The third kappa shape index (κ3) is 2.43. The molecule has 0 unspecified atom stereocenters. The smallest absolute Gasteiger partial charge is 0.162 e. The van der Waals surface area contributed by atoms with Gasteiger partial charge in [0.15, 0.2) is 5.82 Å². The first kappa shape index (κ1) is 10.3. The highest BCUT2D eigenvalue weighted by molar-refractivity contribution is 6.33. The maximum atomic E-state index is 12.7. The molecule has 0 fully saturated rings. The number of hydrogen-bond donors (Lipinski definition) is 0. The topological polar surface area (TPSA) is 25.8 Å². The Morgan fingerprint density at radius 3 is 2.00 bits per heavy atom. The van der Waals surface area contributed by atoms with Gasteiger partial charge in [-0.05, 0) is 24.3 Å². The van der Waals surface area contributed by atoms with Crippen LogP contribution in [-0.4, -0.2) is 9.97 Å². The van der Waals surface area contributed by atoms with Gasteiger partial charge < -0.3 is 0 Å². The van der Waals surface area contributed by atoms with E-state index in [4.69, 9.17) is 23.2 Å². The van der Waals surface area contributed by atoms with Crippen LogP contribution in [0.15, 0.2) is 30.3 Å². The zero-order chi connectivity index (χ0) is 10.8. The van der Waals surface area contributed by atoms with Crippen LogP contribution in [-0.2, 0) is 0 Å². The Labute approximate surface area is 95.7 Å². The minimum absolute atomic E-state index is 0.259. The minimum atomic E-state index is -0.313. The second-order valence-electron chi connectivity index (χ2n) is 2.84. The standard InChI is InChI=1S/C10H5Cl2FN2/c11-8-5-9(12)15-10(14-8)6-1-3-7(13)4-2-6/h1-5H. The van der Waals surface area contributed by atoms with E-state index in [0.29, 0.717) is 11.4 Å². The van der Waals surface area contributed by atoms with Gasteiger partial charge in [-0.3, -0.25) is 0 Å². The summed E-state index contributed by atoms with van der Waals surface area (Å²) in [5, 5.41) is 0.517. The summed E-state index contributed by atoms with van der Waals surface area (Å²) in [4.78, 5) is 7.96. The average molecular weight is 243 g/mol. The molecule has 76 valence electrons. The molecule has 0 aliphatic heterocycles. The van der Waals surface area contributed by atoms with Gasteiger partial charge in [-0.15, -0.1) is 0 Å². The van der Waals surface area contributed by atoms with E-state index in [9.17, 15) is 4.39 Å². The van der Waals surface area contributed by atoms with Crippen molar-refractivity contribution in [2.75, 3.05) is 0 Å². The summed E-state index contributed by atoms with van der Waals surface area (Å²) < 4.78 is 12.7. The molecule has 5 heteroatoms.